The summed E-state index contributed by atoms with van der Waals surface area (Å²) in [6.45, 7) is 0.417. The zero-order valence-corrected chi connectivity index (χ0v) is 8.46. The number of aliphatic hydroxyl groups excluding tert-OH is 1. The molecule has 5 heteroatoms. The molecule has 0 aliphatic heterocycles. The van der Waals surface area contributed by atoms with E-state index >= 15 is 0 Å². The summed E-state index contributed by atoms with van der Waals surface area (Å²) in [6, 6.07) is 4.79. The molecule has 0 atom stereocenters. The van der Waals surface area contributed by atoms with Crippen molar-refractivity contribution in [2.45, 2.75) is 6.18 Å². The van der Waals surface area contributed by atoms with Crippen LogP contribution in [0.4, 0.5) is 18.9 Å². The van der Waals surface area contributed by atoms with E-state index in [0.717, 1.165) is 12.1 Å². The van der Waals surface area contributed by atoms with E-state index in [1.807, 2.05) is 0 Å². The summed E-state index contributed by atoms with van der Waals surface area (Å²) in [7, 11) is 0. The number of nitrogens with one attached hydrogen (secondary N) is 1. The summed E-state index contributed by atoms with van der Waals surface area (Å²) in [4.78, 5) is 0. The summed E-state index contributed by atoms with van der Waals surface area (Å²) in [5.41, 5.74) is -0.0560. The van der Waals surface area contributed by atoms with Gasteiger partial charge in [-0.3, -0.25) is 0 Å². The van der Waals surface area contributed by atoms with Crippen molar-refractivity contribution in [3.8, 4) is 0 Å². The number of hydrogen-bond acceptors (Lipinski definition) is 2. The molecule has 0 amide bonds. The first-order chi connectivity index (χ1) is 7.54. The highest BCUT2D eigenvalue weighted by molar-refractivity contribution is 5.45. The molecule has 88 valence electrons. The summed E-state index contributed by atoms with van der Waals surface area (Å²) in [5, 5.41) is 11.3. The van der Waals surface area contributed by atoms with Crippen LogP contribution in [0.5, 0.6) is 0 Å². The highest BCUT2D eigenvalue weighted by Crippen LogP contribution is 2.29. The largest absolute Gasteiger partial charge is 0.416 e. The van der Waals surface area contributed by atoms with Crippen LogP contribution in [0.1, 0.15) is 5.56 Å². The van der Waals surface area contributed by atoms with Gasteiger partial charge in [0.25, 0.3) is 0 Å². The minimum atomic E-state index is -4.30. The first kappa shape index (κ1) is 12.6. The summed E-state index contributed by atoms with van der Waals surface area (Å²) >= 11 is 0. The van der Waals surface area contributed by atoms with E-state index in [9.17, 15) is 13.2 Å². The Kier molecular flexibility index (Phi) is 4.37. The van der Waals surface area contributed by atoms with Crippen molar-refractivity contribution >= 4 is 5.69 Å². The molecule has 0 aliphatic carbocycles. The maximum absolute atomic E-state index is 12.2. The van der Waals surface area contributed by atoms with Gasteiger partial charge >= 0.3 is 6.18 Å². The van der Waals surface area contributed by atoms with Gasteiger partial charge in [-0.15, -0.1) is 0 Å². The van der Waals surface area contributed by atoms with Gasteiger partial charge in [-0.05, 0) is 24.3 Å². The quantitative estimate of drug-likeness (QED) is 0.781. The predicted molar refractivity (Wildman–Crippen MR) is 56.2 cm³/mol. The van der Waals surface area contributed by atoms with Gasteiger partial charge < -0.3 is 10.4 Å². The maximum atomic E-state index is 12.2. The molecule has 1 aromatic carbocycles. The Morgan fingerprint density at radius 2 is 1.75 bits per heavy atom. The Balaban J connectivity index is 2.55. The molecule has 0 aliphatic rings. The molecule has 2 N–H and O–H groups in total. The van der Waals surface area contributed by atoms with Gasteiger partial charge in [-0.2, -0.15) is 13.2 Å². The Bertz CT molecular complexity index is 343. The second kappa shape index (κ2) is 5.55. The predicted octanol–water partition coefficient (Wildman–Crippen LogP) is 2.67. The first-order valence-electron chi connectivity index (χ1n) is 4.71. The number of rotatable bonds is 4. The fourth-order valence-corrected chi connectivity index (χ4v) is 1.11. The van der Waals surface area contributed by atoms with Crippen LogP contribution in [0.2, 0.25) is 0 Å². The molecule has 0 radical (unpaired) electrons. The van der Waals surface area contributed by atoms with Crippen molar-refractivity contribution in [3.05, 3.63) is 42.0 Å². The summed E-state index contributed by atoms with van der Waals surface area (Å²) < 4.78 is 36.6. The van der Waals surface area contributed by atoms with E-state index in [1.54, 1.807) is 12.2 Å². The molecule has 0 bridgehead atoms. The lowest BCUT2D eigenvalue weighted by molar-refractivity contribution is -0.137. The van der Waals surface area contributed by atoms with E-state index in [-0.39, 0.29) is 6.61 Å². The SMILES string of the molecule is OC/C=C/CNc1ccc(C(F)(F)F)cc1. The van der Waals surface area contributed by atoms with Crippen LogP contribution in [-0.4, -0.2) is 18.3 Å². The van der Waals surface area contributed by atoms with Crippen molar-refractivity contribution in [2.24, 2.45) is 0 Å². The Hall–Kier alpha value is -1.49. The van der Waals surface area contributed by atoms with Crippen LogP contribution >= 0.6 is 0 Å². The molecule has 1 rings (SSSR count). The van der Waals surface area contributed by atoms with Gasteiger partial charge in [0.05, 0.1) is 12.2 Å². The van der Waals surface area contributed by atoms with Crippen molar-refractivity contribution in [3.63, 3.8) is 0 Å². The zero-order valence-electron chi connectivity index (χ0n) is 8.46. The third kappa shape index (κ3) is 3.94. The average molecular weight is 231 g/mol. The number of benzene rings is 1. The molecule has 16 heavy (non-hydrogen) atoms. The number of anilines is 1. The maximum Gasteiger partial charge on any atom is 0.416 e. The molecule has 0 spiro atoms. The van der Waals surface area contributed by atoms with Gasteiger partial charge in [-0.1, -0.05) is 12.2 Å². The van der Waals surface area contributed by atoms with Gasteiger partial charge in [0.15, 0.2) is 0 Å². The Labute approximate surface area is 91.4 Å². The van der Waals surface area contributed by atoms with E-state index in [1.165, 1.54) is 12.1 Å². The Morgan fingerprint density at radius 3 is 2.25 bits per heavy atom. The molecule has 0 unspecified atom stereocenters. The van der Waals surface area contributed by atoms with E-state index in [4.69, 9.17) is 5.11 Å². The third-order valence-corrected chi connectivity index (χ3v) is 1.91. The zero-order chi connectivity index (χ0) is 12.0. The minimum Gasteiger partial charge on any atom is -0.392 e. The molecule has 2 nitrogen and oxygen atoms in total. The minimum absolute atomic E-state index is 0.0469. The van der Waals surface area contributed by atoms with Gasteiger partial charge in [0.2, 0.25) is 0 Å². The van der Waals surface area contributed by atoms with Crippen molar-refractivity contribution in [1.82, 2.24) is 0 Å². The topological polar surface area (TPSA) is 32.3 Å². The molecule has 0 saturated carbocycles. The fraction of sp³-hybridized carbons (Fsp3) is 0.273. The summed E-state index contributed by atoms with van der Waals surface area (Å²) in [5.74, 6) is 0. The normalized spacial score (nSPS) is 12.0. The van der Waals surface area contributed by atoms with E-state index in [0.29, 0.717) is 12.2 Å². The van der Waals surface area contributed by atoms with Gasteiger partial charge in [0.1, 0.15) is 0 Å². The lowest BCUT2D eigenvalue weighted by Gasteiger charge is -2.08. The van der Waals surface area contributed by atoms with Crippen LogP contribution in [0, 0.1) is 0 Å². The van der Waals surface area contributed by atoms with E-state index in [2.05, 4.69) is 5.32 Å². The standard InChI is InChI=1S/C11H12F3NO/c12-11(13,14)9-3-5-10(6-4-9)15-7-1-2-8-16/h1-6,15-16H,7-8H2/b2-1+. The van der Waals surface area contributed by atoms with Crippen LogP contribution < -0.4 is 5.32 Å². The van der Waals surface area contributed by atoms with Crippen LogP contribution in [0.25, 0.3) is 0 Å². The molecular weight excluding hydrogens is 219 g/mol. The van der Waals surface area contributed by atoms with Gasteiger partial charge in [-0.25, -0.2) is 0 Å². The second-order valence-electron chi connectivity index (χ2n) is 3.11. The monoisotopic (exact) mass is 231 g/mol. The molecule has 0 saturated heterocycles. The van der Waals surface area contributed by atoms with Crippen molar-refractivity contribution in [2.75, 3.05) is 18.5 Å². The first-order valence-corrected chi connectivity index (χ1v) is 4.71. The fourth-order valence-electron chi connectivity index (χ4n) is 1.11. The molecule has 1 aromatic rings. The summed E-state index contributed by atoms with van der Waals surface area (Å²) in [6.07, 6.45) is -1.05. The highest BCUT2D eigenvalue weighted by Gasteiger charge is 2.29. The lowest BCUT2D eigenvalue weighted by atomic mass is 10.2. The molecule has 0 fully saturated rings. The average Bonchev–Trinajstić information content (AvgIpc) is 2.24. The van der Waals surface area contributed by atoms with E-state index < -0.39 is 11.7 Å². The second-order valence-corrected chi connectivity index (χ2v) is 3.11. The molecule has 0 aromatic heterocycles. The van der Waals surface area contributed by atoms with Crippen LogP contribution in [-0.2, 0) is 6.18 Å². The Morgan fingerprint density at radius 1 is 1.12 bits per heavy atom. The van der Waals surface area contributed by atoms with Crippen LogP contribution in [0.15, 0.2) is 36.4 Å². The third-order valence-electron chi connectivity index (χ3n) is 1.91. The van der Waals surface area contributed by atoms with Crippen molar-refractivity contribution < 1.29 is 18.3 Å². The molecular formula is C11H12F3NO. The lowest BCUT2D eigenvalue weighted by Crippen LogP contribution is -2.05. The number of alkyl halides is 3. The number of hydrogen-bond donors (Lipinski definition) is 2. The number of halogens is 3. The number of aliphatic hydroxyl groups is 1. The smallest absolute Gasteiger partial charge is 0.392 e. The van der Waals surface area contributed by atoms with Crippen molar-refractivity contribution in [1.29, 1.82) is 0 Å². The molecule has 0 heterocycles. The van der Waals surface area contributed by atoms with Crippen LogP contribution in [0.3, 0.4) is 0 Å². The van der Waals surface area contributed by atoms with Gasteiger partial charge in [0, 0.05) is 12.2 Å². The highest BCUT2D eigenvalue weighted by atomic mass is 19.4.